The monoisotopic (exact) mass is 338 g/mol. The van der Waals surface area contributed by atoms with Gasteiger partial charge in [-0.25, -0.2) is 0 Å². The zero-order valence-corrected chi connectivity index (χ0v) is 12.9. The minimum Gasteiger partial charge on any atom is -0.367 e. The second kappa shape index (κ2) is 5.60. The van der Waals surface area contributed by atoms with Gasteiger partial charge in [-0.2, -0.15) is 0 Å². The largest absolute Gasteiger partial charge is 0.367 e. The van der Waals surface area contributed by atoms with Gasteiger partial charge in [-0.3, -0.25) is 0 Å². The molecule has 0 radical (unpaired) electrons. The second-order valence-electron chi connectivity index (χ2n) is 4.41. The molecule has 106 valence electrons. The summed E-state index contributed by atoms with van der Waals surface area (Å²) in [4.78, 5) is 0. The first-order valence-electron chi connectivity index (χ1n) is 6.03. The topological polar surface area (TPSA) is 52.0 Å². The van der Waals surface area contributed by atoms with E-state index in [1.807, 2.05) is 18.2 Å². The fourth-order valence-corrected chi connectivity index (χ4v) is 2.55. The first kappa shape index (κ1) is 14.3. The number of hydrogen-bond acceptors (Lipinski definition) is 3. The Morgan fingerprint density at radius 1 is 0.905 bits per heavy atom. The number of nitrogen functional groups attached to an aromatic ring is 1. The van der Waals surface area contributed by atoms with E-state index in [-0.39, 0.29) is 5.88 Å². The summed E-state index contributed by atoms with van der Waals surface area (Å²) >= 11 is 18.0. The number of aromatic nitrogens is 1. The maximum atomic E-state index is 6.06. The Hall–Kier alpha value is -1.68. The zero-order chi connectivity index (χ0) is 15.0. The third-order valence-corrected chi connectivity index (χ3v) is 4.00. The first-order chi connectivity index (χ1) is 10.1. The van der Waals surface area contributed by atoms with Crippen molar-refractivity contribution in [2.45, 2.75) is 0 Å². The van der Waals surface area contributed by atoms with Crippen molar-refractivity contribution in [2.75, 3.05) is 5.73 Å². The van der Waals surface area contributed by atoms with Crippen LogP contribution in [0, 0.1) is 0 Å². The fourth-order valence-electron chi connectivity index (χ4n) is 2.07. The van der Waals surface area contributed by atoms with Crippen molar-refractivity contribution >= 4 is 40.7 Å². The van der Waals surface area contributed by atoms with Crippen LogP contribution < -0.4 is 5.73 Å². The van der Waals surface area contributed by atoms with Gasteiger partial charge in [-0.15, -0.1) is 0 Å². The molecule has 0 atom stereocenters. The van der Waals surface area contributed by atoms with Gasteiger partial charge in [0.25, 0.3) is 0 Å². The van der Waals surface area contributed by atoms with Crippen molar-refractivity contribution in [3.63, 3.8) is 0 Å². The molecule has 0 unspecified atom stereocenters. The molecule has 0 saturated heterocycles. The third kappa shape index (κ3) is 2.72. The number of nitrogens with zero attached hydrogens (tertiary/aromatic N) is 1. The minimum atomic E-state index is 0.211. The average molecular weight is 340 g/mol. The van der Waals surface area contributed by atoms with E-state index in [2.05, 4.69) is 5.16 Å². The van der Waals surface area contributed by atoms with Gasteiger partial charge in [-0.1, -0.05) is 58.2 Å². The molecule has 1 aromatic heterocycles. The molecule has 6 heteroatoms. The number of benzene rings is 2. The Kier molecular flexibility index (Phi) is 3.81. The Morgan fingerprint density at radius 3 is 2.43 bits per heavy atom. The SMILES string of the molecule is Nc1onc(-c2cccc(Cl)c2)c1-c1ccc(Cl)c(Cl)c1. The molecule has 0 spiro atoms. The molecule has 0 fully saturated rings. The summed E-state index contributed by atoms with van der Waals surface area (Å²) in [6, 6.07) is 12.5. The maximum Gasteiger partial charge on any atom is 0.230 e. The van der Waals surface area contributed by atoms with Gasteiger partial charge in [0.2, 0.25) is 5.88 Å². The molecule has 0 aliphatic rings. The Balaban J connectivity index is 2.19. The molecular formula is C15H9Cl3N2O. The number of anilines is 1. The van der Waals surface area contributed by atoms with Crippen LogP contribution in [0.2, 0.25) is 15.1 Å². The molecule has 3 rings (SSSR count). The van der Waals surface area contributed by atoms with Crippen molar-refractivity contribution in [3.05, 3.63) is 57.5 Å². The molecule has 3 nitrogen and oxygen atoms in total. The number of nitrogens with two attached hydrogens (primary N) is 1. The lowest BCUT2D eigenvalue weighted by Crippen LogP contribution is -1.88. The molecule has 1 heterocycles. The normalized spacial score (nSPS) is 10.8. The predicted molar refractivity (Wildman–Crippen MR) is 86.8 cm³/mol. The summed E-state index contributed by atoms with van der Waals surface area (Å²) in [5.74, 6) is 0.211. The van der Waals surface area contributed by atoms with E-state index in [1.165, 1.54) is 0 Å². The molecule has 0 amide bonds. The number of rotatable bonds is 2. The average Bonchev–Trinajstić information content (AvgIpc) is 2.84. The van der Waals surface area contributed by atoms with Crippen molar-refractivity contribution in [1.29, 1.82) is 0 Å². The van der Waals surface area contributed by atoms with Gasteiger partial charge in [-0.05, 0) is 29.8 Å². The fraction of sp³-hybridized carbons (Fsp3) is 0. The van der Waals surface area contributed by atoms with Crippen LogP contribution in [0.1, 0.15) is 0 Å². The smallest absolute Gasteiger partial charge is 0.230 e. The van der Waals surface area contributed by atoms with E-state index >= 15 is 0 Å². The van der Waals surface area contributed by atoms with E-state index < -0.39 is 0 Å². The van der Waals surface area contributed by atoms with Gasteiger partial charge >= 0.3 is 0 Å². The van der Waals surface area contributed by atoms with E-state index in [9.17, 15) is 0 Å². The van der Waals surface area contributed by atoms with Crippen molar-refractivity contribution < 1.29 is 4.52 Å². The Bertz CT molecular complexity index is 814. The Labute approximate surface area is 136 Å². The summed E-state index contributed by atoms with van der Waals surface area (Å²) in [6.45, 7) is 0. The molecule has 0 bridgehead atoms. The second-order valence-corrected chi connectivity index (χ2v) is 5.66. The lowest BCUT2D eigenvalue weighted by molar-refractivity contribution is 0.439. The lowest BCUT2D eigenvalue weighted by atomic mass is 10.0. The lowest BCUT2D eigenvalue weighted by Gasteiger charge is -2.05. The van der Waals surface area contributed by atoms with E-state index in [1.54, 1.807) is 24.3 Å². The van der Waals surface area contributed by atoms with Crippen LogP contribution in [0.4, 0.5) is 5.88 Å². The minimum absolute atomic E-state index is 0.211. The van der Waals surface area contributed by atoms with Crippen molar-refractivity contribution in [3.8, 4) is 22.4 Å². The molecule has 21 heavy (non-hydrogen) atoms. The van der Waals surface area contributed by atoms with Gasteiger partial charge in [0.15, 0.2) is 0 Å². The predicted octanol–water partition coefficient (Wildman–Crippen LogP) is 5.55. The summed E-state index contributed by atoms with van der Waals surface area (Å²) in [7, 11) is 0. The van der Waals surface area contributed by atoms with Crippen LogP contribution in [-0.4, -0.2) is 5.16 Å². The van der Waals surface area contributed by atoms with E-state index in [0.717, 1.165) is 11.1 Å². The molecule has 3 aromatic rings. The first-order valence-corrected chi connectivity index (χ1v) is 7.16. The van der Waals surface area contributed by atoms with Gasteiger partial charge in [0.1, 0.15) is 5.69 Å². The van der Waals surface area contributed by atoms with Crippen LogP contribution in [0.25, 0.3) is 22.4 Å². The number of hydrogen-bond donors (Lipinski definition) is 1. The highest BCUT2D eigenvalue weighted by Crippen LogP contribution is 2.38. The molecule has 0 saturated carbocycles. The van der Waals surface area contributed by atoms with Crippen molar-refractivity contribution in [1.82, 2.24) is 5.16 Å². The summed E-state index contributed by atoms with van der Waals surface area (Å²) in [5.41, 5.74) is 8.75. The van der Waals surface area contributed by atoms with Crippen LogP contribution >= 0.6 is 34.8 Å². The summed E-state index contributed by atoms with van der Waals surface area (Å²) < 4.78 is 5.12. The van der Waals surface area contributed by atoms with Crippen LogP contribution in [-0.2, 0) is 0 Å². The van der Waals surface area contributed by atoms with Crippen LogP contribution in [0.15, 0.2) is 47.0 Å². The highest BCUT2D eigenvalue weighted by molar-refractivity contribution is 6.42. The summed E-state index contributed by atoms with van der Waals surface area (Å²) in [5, 5.41) is 5.54. The van der Waals surface area contributed by atoms with Gasteiger partial charge in [0, 0.05) is 10.6 Å². The molecule has 0 aliphatic carbocycles. The zero-order valence-electron chi connectivity index (χ0n) is 10.6. The molecular weight excluding hydrogens is 331 g/mol. The maximum absolute atomic E-state index is 6.06. The van der Waals surface area contributed by atoms with Crippen LogP contribution in [0.3, 0.4) is 0 Å². The van der Waals surface area contributed by atoms with E-state index in [4.69, 9.17) is 45.1 Å². The highest BCUT2D eigenvalue weighted by atomic mass is 35.5. The van der Waals surface area contributed by atoms with Gasteiger partial charge < -0.3 is 10.3 Å². The molecule has 2 aromatic carbocycles. The van der Waals surface area contributed by atoms with Gasteiger partial charge in [0.05, 0.1) is 15.6 Å². The van der Waals surface area contributed by atoms with E-state index in [0.29, 0.717) is 26.3 Å². The summed E-state index contributed by atoms with van der Waals surface area (Å²) in [6.07, 6.45) is 0. The van der Waals surface area contributed by atoms with Crippen molar-refractivity contribution in [2.24, 2.45) is 0 Å². The molecule has 2 N–H and O–H groups in total. The Morgan fingerprint density at radius 2 is 1.71 bits per heavy atom. The number of halogens is 3. The standard InChI is InChI=1S/C15H9Cl3N2O/c16-10-3-1-2-9(6-10)14-13(15(19)21-20-14)8-4-5-11(17)12(18)7-8/h1-7H,19H2. The molecule has 0 aliphatic heterocycles. The van der Waals surface area contributed by atoms with Crippen LogP contribution in [0.5, 0.6) is 0 Å². The quantitative estimate of drug-likeness (QED) is 0.666. The highest BCUT2D eigenvalue weighted by Gasteiger charge is 2.18. The third-order valence-electron chi connectivity index (χ3n) is 3.02.